The summed E-state index contributed by atoms with van der Waals surface area (Å²) in [6.45, 7) is 2.95. The molecule has 3 aromatic rings. The molecule has 7 nitrogen and oxygen atoms in total. The molecule has 166 valence electrons. The molecule has 0 aromatic heterocycles. The highest BCUT2D eigenvalue weighted by Crippen LogP contribution is 2.30. The van der Waals surface area contributed by atoms with Crippen LogP contribution < -0.4 is 11.1 Å². The second-order valence-electron chi connectivity index (χ2n) is 7.69. The van der Waals surface area contributed by atoms with Crippen LogP contribution in [0.1, 0.15) is 29.8 Å². The van der Waals surface area contributed by atoms with Gasteiger partial charge in [0.15, 0.2) is 11.3 Å². The van der Waals surface area contributed by atoms with Gasteiger partial charge in [-0.2, -0.15) is 0 Å². The normalized spacial score (nSPS) is 13.6. The zero-order valence-corrected chi connectivity index (χ0v) is 18.3. The van der Waals surface area contributed by atoms with Crippen molar-refractivity contribution in [3.63, 3.8) is 0 Å². The maximum absolute atomic E-state index is 13.6. The number of carbonyl (C=O) groups excluding carboxylic acids is 3. The van der Waals surface area contributed by atoms with Crippen molar-refractivity contribution in [2.24, 2.45) is 5.73 Å². The van der Waals surface area contributed by atoms with Crippen LogP contribution in [0.5, 0.6) is 0 Å². The number of benzene rings is 3. The van der Waals surface area contributed by atoms with E-state index in [0.717, 1.165) is 10.9 Å². The third kappa shape index (κ3) is 4.78. The summed E-state index contributed by atoms with van der Waals surface area (Å²) in [6.07, 6.45) is 0. The minimum atomic E-state index is -1.94. The van der Waals surface area contributed by atoms with Crippen LogP contribution in [-0.4, -0.2) is 36.4 Å². The Morgan fingerprint density at radius 1 is 1.00 bits per heavy atom. The number of ketones is 1. The highest BCUT2D eigenvalue weighted by molar-refractivity contribution is 6.23. The summed E-state index contributed by atoms with van der Waals surface area (Å²) in [5.41, 5.74) is 5.66. The summed E-state index contributed by atoms with van der Waals surface area (Å²) in [7, 11) is 1.28. The van der Waals surface area contributed by atoms with Crippen LogP contribution in [0, 0.1) is 0 Å². The molecular weight excluding hydrogens is 408 g/mol. The number of methoxy groups -OCH3 is 1. The average Bonchev–Trinajstić information content (AvgIpc) is 2.81. The van der Waals surface area contributed by atoms with Crippen molar-refractivity contribution in [1.82, 2.24) is 0 Å². The van der Waals surface area contributed by atoms with Crippen LogP contribution in [-0.2, 0) is 25.7 Å². The Hall–Kier alpha value is -3.71. The number of anilines is 1. The van der Waals surface area contributed by atoms with Crippen molar-refractivity contribution in [1.29, 1.82) is 0 Å². The summed E-state index contributed by atoms with van der Waals surface area (Å²) in [4.78, 5) is 38.3. The van der Waals surface area contributed by atoms with Gasteiger partial charge in [-0.1, -0.05) is 60.7 Å². The molecule has 0 aliphatic rings. The highest BCUT2D eigenvalue weighted by Gasteiger charge is 2.41. The molecular formula is C25H26N2O5. The van der Waals surface area contributed by atoms with Gasteiger partial charge in [0, 0.05) is 5.69 Å². The fourth-order valence-electron chi connectivity index (χ4n) is 3.33. The van der Waals surface area contributed by atoms with E-state index in [1.165, 1.54) is 14.0 Å². The number of ether oxygens (including phenoxy) is 2. The van der Waals surface area contributed by atoms with E-state index in [1.54, 1.807) is 25.1 Å². The third-order valence-electron chi connectivity index (χ3n) is 5.19. The van der Waals surface area contributed by atoms with E-state index in [2.05, 4.69) is 5.32 Å². The van der Waals surface area contributed by atoms with E-state index >= 15 is 0 Å². The number of esters is 2. The number of fused-ring (bicyclic) bond motifs is 1. The Morgan fingerprint density at radius 2 is 1.66 bits per heavy atom. The van der Waals surface area contributed by atoms with Gasteiger partial charge in [0.25, 0.3) is 0 Å². The van der Waals surface area contributed by atoms with Gasteiger partial charge in [0.2, 0.25) is 0 Å². The van der Waals surface area contributed by atoms with Gasteiger partial charge in [-0.3, -0.25) is 4.79 Å². The zero-order chi connectivity index (χ0) is 23.3. The van der Waals surface area contributed by atoms with Crippen molar-refractivity contribution in [2.75, 3.05) is 12.4 Å². The minimum Gasteiger partial charge on any atom is -0.467 e. The first-order chi connectivity index (χ1) is 15.3. The Morgan fingerprint density at radius 3 is 2.34 bits per heavy atom. The molecule has 3 rings (SSSR count). The van der Waals surface area contributed by atoms with Crippen LogP contribution >= 0.6 is 0 Å². The molecule has 3 aromatic carbocycles. The van der Waals surface area contributed by atoms with Crippen LogP contribution in [0.2, 0.25) is 0 Å². The number of hydrogen-bond acceptors (Lipinski definition) is 7. The largest absolute Gasteiger partial charge is 0.467 e. The second-order valence-corrected chi connectivity index (χ2v) is 7.69. The van der Waals surface area contributed by atoms with Crippen molar-refractivity contribution >= 4 is 34.2 Å². The van der Waals surface area contributed by atoms with Gasteiger partial charge in [-0.15, -0.1) is 0 Å². The Labute approximate surface area is 186 Å². The Kier molecular flexibility index (Phi) is 6.90. The SMILES string of the molecule is COC(=O)[C@H](C)Nc1ccc2ccccc2c1C(=O)[C@@](C)(N)C(=O)OCc1ccccc1. The molecule has 3 N–H and O–H groups in total. The van der Waals surface area contributed by atoms with Crippen LogP contribution in [0.3, 0.4) is 0 Å². The predicted octanol–water partition coefficient (Wildman–Crippen LogP) is 3.46. The lowest BCUT2D eigenvalue weighted by atomic mass is 9.88. The molecule has 0 spiro atoms. The number of carbonyl (C=O) groups is 3. The standard InChI is InChI=1S/C25H26N2O5/c1-16(23(29)31-3)27-20-14-13-18-11-7-8-12-19(18)21(20)22(28)25(2,26)24(30)32-15-17-9-5-4-6-10-17/h4-14,16,27H,15,26H2,1-3H3/t16-,25+/m0/s1. The summed E-state index contributed by atoms with van der Waals surface area (Å²) in [6, 6.07) is 19.1. The van der Waals surface area contributed by atoms with E-state index in [1.807, 2.05) is 48.5 Å². The van der Waals surface area contributed by atoms with Crippen LogP contribution in [0.25, 0.3) is 10.8 Å². The molecule has 0 saturated heterocycles. The molecule has 0 bridgehead atoms. The molecule has 0 saturated carbocycles. The monoisotopic (exact) mass is 434 g/mol. The smallest absolute Gasteiger partial charge is 0.334 e. The molecule has 7 heteroatoms. The van der Waals surface area contributed by atoms with Crippen molar-refractivity contribution in [2.45, 2.75) is 32.0 Å². The maximum Gasteiger partial charge on any atom is 0.334 e. The first-order valence-electron chi connectivity index (χ1n) is 10.2. The van der Waals surface area contributed by atoms with Gasteiger partial charge in [-0.05, 0) is 36.2 Å². The Balaban J connectivity index is 1.96. The van der Waals surface area contributed by atoms with E-state index < -0.39 is 29.3 Å². The van der Waals surface area contributed by atoms with E-state index in [-0.39, 0.29) is 12.2 Å². The van der Waals surface area contributed by atoms with Gasteiger partial charge in [0.05, 0.1) is 12.7 Å². The lowest BCUT2D eigenvalue weighted by Gasteiger charge is -2.24. The fourth-order valence-corrected chi connectivity index (χ4v) is 3.33. The molecule has 0 amide bonds. The van der Waals surface area contributed by atoms with Crippen molar-refractivity contribution < 1.29 is 23.9 Å². The first-order valence-corrected chi connectivity index (χ1v) is 10.2. The Bertz CT molecular complexity index is 1140. The highest BCUT2D eigenvalue weighted by atomic mass is 16.5. The number of Topliss-reactive ketones (excluding diaryl/α,β-unsaturated/α-hetero) is 1. The van der Waals surface area contributed by atoms with Crippen LogP contribution in [0.15, 0.2) is 66.7 Å². The summed E-state index contributed by atoms with van der Waals surface area (Å²) in [5, 5.41) is 4.40. The van der Waals surface area contributed by atoms with E-state index in [0.29, 0.717) is 11.1 Å². The summed E-state index contributed by atoms with van der Waals surface area (Å²) in [5.74, 6) is -1.95. The molecule has 0 unspecified atom stereocenters. The number of hydrogen-bond donors (Lipinski definition) is 2. The van der Waals surface area contributed by atoms with Gasteiger partial charge < -0.3 is 20.5 Å². The maximum atomic E-state index is 13.6. The third-order valence-corrected chi connectivity index (χ3v) is 5.19. The fraction of sp³-hybridized carbons (Fsp3) is 0.240. The molecule has 0 fully saturated rings. The molecule has 0 aliphatic carbocycles. The lowest BCUT2D eigenvalue weighted by molar-refractivity contribution is -0.149. The molecule has 2 atom stereocenters. The van der Waals surface area contributed by atoms with Crippen molar-refractivity contribution in [3.8, 4) is 0 Å². The number of rotatable bonds is 8. The quantitative estimate of drug-likeness (QED) is 0.318. The summed E-state index contributed by atoms with van der Waals surface area (Å²) >= 11 is 0. The molecule has 0 aliphatic heterocycles. The van der Waals surface area contributed by atoms with Crippen LogP contribution in [0.4, 0.5) is 5.69 Å². The zero-order valence-electron chi connectivity index (χ0n) is 18.3. The minimum absolute atomic E-state index is 0.000236. The molecule has 32 heavy (non-hydrogen) atoms. The van der Waals surface area contributed by atoms with Crippen molar-refractivity contribution in [3.05, 3.63) is 77.9 Å². The number of nitrogens with one attached hydrogen (secondary N) is 1. The summed E-state index contributed by atoms with van der Waals surface area (Å²) < 4.78 is 10.1. The second kappa shape index (κ2) is 9.62. The molecule has 0 radical (unpaired) electrons. The average molecular weight is 434 g/mol. The lowest BCUT2D eigenvalue weighted by Crippen LogP contribution is -2.53. The van der Waals surface area contributed by atoms with Gasteiger partial charge >= 0.3 is 11.9 Å². The first kappa shape index (κ1) is 23.0. The topological polar surface area (TPSA) is 108 Å². The van der Waals surface area contributed by atoms with E-state index in [4.69, 9.17) is 15.2 Å². The van der Waals surface area contributed by atoms with Gasteiger partial charge in [0.1, 0.15) is 12.6 Å². The number of nitrogens with two attached hydrogens (primary N) is 1. The predicted molar refractivity (Wildman–Crippen MR) is 122 cm³/mol. The van der Waals surface area contributed by atoms with E-state index in [9.17, 15) is 14.4 Å². The molecule has 0 heterocycles. The van der Waals surface area contributed by atoms with Gasteiger partial charge in [-0.25, -0.2) is 9.59 Å².